The minimum Gasteiger partial charge on any atom is -0.460 e. The van der Waals surface area contributed by atoms with Crippen LogP contribution < -0.4 is 0 Å². The Morgan fingerprint density at radius 1 is 0.710 bits per heavy atom. The van der Waals surface area contributed by atoms with Gasteiger partial charge >= 0.3 is 11.9 Å². The molecule has 4 heteroatoms. The minimum atomic E-state index is -0.447. The molecule has 2 aromatic rings. The van der Waals surface area contributed by atoms with Crippen LogP contribution in [0.5, 0.6) is 0 Å². The van der Waals surface area contributed by atoms with Gasteiger partial charge < -0.3 is 9.47 Å². The maximum atomic E-state index is 12.0. The van der Waals surface area contributed by atoms with Gasteiger partial charge in [-0.15, -0.1) is 0 Å². The van der Waals surface area contributed by atoms with Gasteiger partial charge in [-0.25, -0.2) is 0 Å². The Hall–Kier alpha value is -2.62. The lowest BCUT2D eigenvalue weighted by atomic mass is 10.00. The SMILES string of the molecule is CC(C)(C)OC(=O)CCc1ccc2c(c1)Cc1cc(CCC(=O)OC(C)(C)C)ccc1-2. The largest absolute Gasteiger partial charge is 0.460 e. The van der Waals surface area contributed by atoms with E-state index in [2.05, 4.69) is 36.4 Å². The van der Waals surface area contributed by atoms with Gasteiger partial charge in [0.15, 0.2) is 0 Å². The van der Waals surface area contributed by atoms with Crippen LogP contribution in [0, 0.1) is 0 Å². The molecule has 0 radical (unpaired) electrons. The van der Waals surface area contributed by atoms with Gasteiger partial charge in [-0.2, -0.15) is 0 Å². The number of fused-ring (bicyclic) bond motifs is 3. The van der Waals surface area contributed by atoms with Crippen LogP contribution in [-0.2, 0) is 38.3 Å². The Morgan fingerprint density at radius 2 is 1.10 bits per heavy atom. The van der Waals surface area contributed by atoms with Crippen molar-refractivity contribution in [3.8, 4) is 11.1 Å². The van der Waals surface area contributed by atoms with E-state index in [9.17, 15) is 9.59 Å². The molecule has 0 N–H and O–H groups in total. The Balaban J connectivity index is 1.61. The van der Waals surface area contributed by atoms with Gasteiger partial charge in [0, 0.05) is 12.8 Å². The van der Waals surface area contributed by atoms with Crippen LogP contribution in [0.3, 0.4) is 0 Å². The molecule has 0 amide bonds. The monoisotopic (exact) mass is 422 g/mol. The molecule has 3 rings (SSSR count). The van der Waals surface area contributed by atoms with Crippen molar-refractivity contribution in [1.82, 2.24) is 0 Å². The predicted molar refractivity (Wildman–Crippen MR) is 123 cm³/mol. The van der Waals surface area contributed by atoms with E-state index in [1.165, 1.54) is 22.3 Å². The first-order valence-corrected chi connectivity index (χ1v) is 11.1. The van der Waals surface area contributed by atoms with Crippen molar-refractivity contribution in [1.29, 1.82) is 0 Å². The van der Waals surface area contributed by atoms with Gasteiger partial charge in [0.05, 0.1) is 0 Å². The topological polar surface area (TPSA) is 52.6 Å². The maximum Gasteiger partial charge on any atom is 0.306 e. The summed E-state index contributed by atoms with van der Waals surface area (Å²) < 4.78 is 10.8. The van der Waals surface area contributed by atoms with Gasteiger partial charge in [0.1, 0.15) is 11.2 Å². The Kier molecular flexibility index (Phi) is 6.59. The molecule has 166 valence electrons. The number of esters is 2. The zero-order chi connectivity index (χ0) is 22.8. The molecule has 2 aromatic carbocycles. The van der Waals surface area contributed by atoms with Crippen molar-refractivity contribution in [2.24, 2.45) is 0 Å². The fraction of sp³-hybridized carbons (Fsp3) is 0.481. The van der Waals surface area contributed by atoms with Crippen molar-refractivity contribution in [2.75, 3.05) is 0 Å². The van der Waals surface area contributed by atoms with E-state index in [1.807, 2.05) is 41.5 Å². The summed E-state index contributed by atoms with van der Waals surface area (Å²) in [6.07, 6.45) is 3.01. The Morgan fingerprint density at radius 3 is 1.45 bits per heavy atom. The zero-order valence-electron chi connectivity index (χ0n) is 19.6. The Bertz CT molecular complexity index is 894. The number of rotatable bonds is 6. The molecule has 0 fully saturated rings. The fourth-order valence-electron chi connectivity index (χ4n) is 3.91. The van der Waals surface area contributed by atoms with E-state index >= 15 is 0 Å². The molecule has 0 atom stereocenters. The lowest BCUT2D eigenvalue weighted by Crippen LogP contribution is -2.24. The number of aryl methyl sites for hydroxylation is 2. The summed E-state index contributed by atoms with van der Waals surface area (Å²) in [5.41, 5.74) is 6.52. The van der Waals surface area contributed by atoms with Crippen LogP contribution in [0.2, 0.25) is 0 Å². The fourth-order valence-corrected chi connectivity index (χ4v) is 3.91. The minimum absolute atomic E-state index is 0.161. The molecule has 0 unspecified atom stereocenters. The maximum absolute atomic E-state index is 12.0. The van der Waals surface area contributed by atoms with Crippen molar-refractivity contribution >= 4 is 11.9 Å². The highest BCUT2D eigenvalue weighted by molar-refractivity contribution is 5.78. The molecule has 0 aliphatic heterocycles. The third kappa shape index (κ3) is 6.68. The van der Waals surface area contributed by atoms with Crippen LogP contribution in [0.25, 0.3) is 11.1 Å². The smallest absolute Gasteiger partial charge is 0.306 e. The average molecular weight is 423 g/mol. The predicted octanol–water partition coefficient (Wildman–Crippen LogP) is 5.81. The standard InChI is InChI=1S/C27H34O4/c1-26(2,3)30-24(28)13-9-18-7-11-22-20(15-18)17-21-16-19(8-12-23(21)22)10-14-25(29)31-27(4,5)6/h7-8,11-12,15-16H,9-10,13-14,17H2,1-6H3. The molecular weight excluding hydrogens is 388 g/mol. The third-order valence-electron chi connectivity index (χ3n) is 5.09. The highest BCUT2D eigenvalue weighted by atomic mass is 16.6. The summed E-state index contributed by atoms with van der Waals surface area (Å²) in [6, 6.07) is 12.9. The van der Waals surface area contributed by atoms with E-state index in [4.69, 9.17) is 9.47 Å². The quantitative estimate of drug-likeness (QED) is 0.471. The highest BCUT2D eigenvalue weighted by Crippen LogP contribution is 2.37. The average Bonchev–Trinajstić information content (AvgIpc) is 2.98. The van der Waals surface area contributed by atoms with Gasteiger partial charge in [-0.05, 0) is 94.2 Å². The molecule has 1 aliphatic carbocycles. The summed E-state index contributed by atoms with van der Waals surface area (Å²) in [7, 11) is 0. The van der Waals surface area contributed by atoms with Gasteiger partial charge in [-0.3, -0.25) is 9.59 Å². The van der Waals surface area contributed by atoms with Gasteiger partial charge in [0.2, 0.25) is 0 Å². The second-order valence-electron chi connectivity index (χ2n) is 10.3. The van der Waals surface area contributed by atoms with Crippen molar-refractivity contribution in [3.05, 3.63) is 58.7 Å². The number of carbonyl (C=O) groups excluding carboxylic acids is 2. The van der Waals surface area contributed by atoms with Crippen LogP contribution in [0.15, 0.2) is 36.4 Å². The van der Waals surface area contributed by atoms with E-state index in [0.717, 1.165) is 17.5 Å². The summed E-state index contributed by atoms with van der Waals surface area (Å²) in [6.45, 7) is 11.3. The molecule has 0 heterocycles. The van der Waals surface area contributed by atoms with E-state index in [-0.39, 0.29) is 11.9 Å². The summed E-state index contributed by atoms with van der Waals surface area (Å²) >= 11 is 0. The van der Waals surface area contributed by atoms with Crippen LogP contribution in [-0.4, -0.2) is 23.1 Å². The number of ether oxygens (including phenoxy) is 2. The Labute approximate surface area is 186 Å². The van der Waals surface area contributed by atoms with Crippen LogP contribution in [0.4, 0.5) is 0 Å². The molecule has 0 saturated carbocycles. The lowest BCUT2D eigenvalue weighted by Gasteiger charge is -2.19. The van der Waals surface area contributed by atoms with Crippen molar-refractivity contribution in [3.63, 3.8) is 0 Å². The van der Waals surface area contributed by atoms with E-state index < -0.39 is 11.2 Å². The normalized spacial score (nSPS) is 12.8. The molecule has 4 nitrogen and oxygen atoms in total. The second kappa shape index (κ2) is 8.86. The molecule has 0 spiro atoms. The number of hydrogen-bond donors (Lipinski definition) is 0. The van der Waals surface area contributed by atoms with Gasteiger partial charge in [-0.1, -0.05) is 36.4 Å². The third-order valence-corrected chi connectivity index (χ3v) is 5.09. The van der Waals surface area contributed by atoms with E-state index in [1.54, 1.807) is 0 Å². The first-order chi connectivity index (χ1) is 14.4. The van der Waals surface area contributed by atoms with Crippen molar-refractivity contribution in [2.45, 2.75) is 84.8 Å². The van der Waals surface area contributed by atoms with Crippen LogP contribution in [0.1, 0.15) is 76.6 Å². The molecule has 0 aromatic heterocycles. The zero-order valence-corrected chi connectivity index (χ0v) is 19.6. The molecule has 0 saturated heterocycles. The number of carbonyl (C=O) groups is 2. The summed E-state index contributed by atoms with van der Waals surface area (Å²) in [5.74, 6) is -0.322. The molecule has 0 bridgehead atoms. The highest BCUT2D eigenvalue weighted by Gasteiger charge is 2.21. The molecule has 31 heavy (non-hydrogen) atoms. The van der Waals surface area contributed by atoms with Gasteiger partial charge in [0.25, 0.3) is 0 Å². The number of hydrogen-bond acceptors (Lipinski definition) is 4. The van der Waals surface area contributed by atoms with Crippen LogP contribution >= 0.6 is 0 Å². The number of benzene rings is 2. The summed E-state index contributed by atoms with van der Waals surface area (Å²) in [4.78, 5) is 24.0. The summed E-state index contributed by atoms with van der Waals surface area (Å²) in [5, 5.41) is 0. The van der Waals surface area contributed by atoms with E-state index in [0.29, 0.717) is 25.7 Å². The lowest BCUT2D eigenvalue weighted by molar-refractivity contribution is -0.155. The van der Waals surface area contributed by atoms with Crippen molar-refractivity contribution < 1.29 is 19.1 Å². The first-order valence-electron chi connectivity index (χ1n) is 11.1. The molecule has 1 aliphatic rings. The molecular formula is C27H34O4. The first kappa shape index (κ1) is 23.1. The second-order valence-corrected chi connectivity index (χ2v) is 10.3.